The predicted octanol–water partition coefficient (Wildman–Crippen LogP) is 5.01. The van der Waals surface area contributed by atoms with Gasteiger partial charge in [0.05, 0.1) is 13.1 Å². The van der Waals surface area contributed by atoms with Gasteiger partial charge in [-0.05, 0) is 37.5 Å². The molecule has 0 N–H and O–H groups in total. The second-order valence-electron chi connectivity index (χ2n) is 7.17. The second-order valence-corrected chi connectivity index (χ2v) is 8.54. The Labute approximate surface area is 173 Å². The van der Waals surface area contributed by atoms with Crippen LogP contribution in [0.5, 0.6) is 0 Å². The van der Waals surface area contributed by atoms with Crippen LogP contribution in [0.2, 0.25) is 0 Å². The standard InChI is InChI=1S/C23H32N2O2S/c1-4-6-15-24(22(26)10-5-2)18-23(27)25(16-20-11-8-7-9-12-20)17-21-14-13-19(3)28-21/h7-9,11-14H,4-6,10,15-18H2,1-3H3. The van der Waals surface area contributed by atoms with E-state index in [-0.39, 0.29) is 18.4 Å². The maximum absolute atomic E-state index is 13.2. The van der Waals surface area contributed by atoms with Gasteiger partial charge < -0.3 is 9.80 Å². The largest absolute Gasteiger partial charge is 0.333 e. The summed E-state index contributed by atoms with van der Waals surface area (Å²) in [7, 11) is 0. The zero-order valence-electron chi connectivity index (χ0n) is 17.3. The highest BCUT2D eigenvalue weighted by Crippen LogP contribution is 2.19. The fraction of sp³-hybridized carbons (Fsp3) is 0.478. The topological polar surface area (TPSA) is 40.6 Å². The van der Waals surface area contributed by atoms with E-state index in [4.69, 9.17) is 0 Å². The summed E-state index contributed by atoms with van der Waals surface area (Å²) in [5.74, 6) is 0.0893. The van der Waals surface area contributed by atoms with Crippen LogP contribution >= 0.6 is 11.3 Å². The number of carbonyl (C=O) groups excluding carboxylic acids is 2. The first kappa shape index (κ1) is 22.2. The number of aryl methyl sites for hydroxylation is 1. The van der Waals surface area contributed by atoms with E-state index in [1.54, 1.807) is 16.2 Å². The van der Waals surface area contributed by atoms with E-state index in [1.807, 2.05) is 42.2 Å². The van der Waals surface area contributed by atoms with Gasteiger partial charge in [0.25, 0.3) is 0 Å². The molecule has 0 bridgehead atoms. The van der Waals surface area contributed by atoms with Crippen LogP contribution in [-0.4, -0.2) is 34.7 Å². The van der Waals surface area contributed by atoms with Gasteiger partial charge in [-0.25, -0.2) is 0 Å². The number of amides is 2. The molecule has 2 amide bonds. The third-order valence-corrected chi connectivity index (χ3v) is 5.62. The monoisotopic (exact) mass is 400 g/mol. The van der Waals surface area contributed by atoms with Gasteiger partial charge in [0, 0.05) is 29.3 Å². The molecule has 0 aliphatic carbocycles. The Hall–Kier alpha value is -2.14. The van der Waals surface area contributed by atoms with Crippen LogP contribution in [0.1, 0.15) is 54.8 Å². The minimum atomic E-state index is 0.00969. The van der Waals surface area contributed by atoms with Crippen LogP contribution in [0.4, 0.5) is 0 Å². The molecule has 5 heteroatoms. The molecule has 1 aromatic carbocycles. The molecular weight excluding hydrogens is 368 g/mol. The number of hydrogen-bond donors (Lipinski definition) is 0. The molecule has 0 aliphatic heterocycles. The van der Waals surface area contributed by atoms with Crippen molar-refractivity contribution in [3.05, 3.63) is 57.8 Å². The van der Waals surface area contributed by atoms with Crippen molar-refractivity contribution in [2.75, 3.05) is 13.1 Å². The predicted molar refractivity (Wildman–Crippen MR) is 116 cm³/mol. The smallest absolute Gasteiger partial charge is 0.242 e. The molecule has 152 valence electrons. The van der Waals surface area contributed by atoms with Crippen molar-refractivity contribution >= 4 is 23.2 Å². The summed E-state index contributed by atoms with van der Waals surface area (Å²) < 4.78 is 0. The van der Waals surface area contributed by atoms with E-state index in [1.165, 1.54) is 9.75 Å². The number of benzene rings is 1. The molecule has 0 saturated heterocycles. The van der Waals surface area contributed by atoms with Gasteiger partial charge in [-0.3, -0.25) is 9.59 Å². The van der Waals surface area contributed by atoms with Crippen LogP contribution in [0.3, 0.4) is 0 Å². The summed E-state index contributed by atoms with van der Waals surface area (Å²) >= 11 is 1.72. The van der Waals surface area contributed by atoms with Gasteiger partial charge in [0.1, 0.15) is 0 Å². The summed E-state index contributed by atoms with van der Waals surface area (Å²) in [5.41, 5.74) is 1.10. The Morgan fingerprint density at radius 3 is 2.25 bits per heavy atom. The molecule has 0 radical (unpaired) electrons. The first-order valence-corrected chi connectivity index (χ1v) is 11.0. The molecule has 0 atom stereocenters. The molecule has 1 aromatic heterocycles. The maximum Gasteiger partial charge on any atom is 0.242 e. The van der Waals surface area contributed by atoms with Gasteiger partial charge >= 0.3 is 0 Å². The van der Waals surface area contributed by atoms with E-state index in [9.17, 15) is 9.59 Å². The van der Waals surface area contributed by atoms with Gasteiger partial charge in [-0.1, -0.05) is 50.6 Å². The quantitative estimate of drug-likeness (QED) is 0.532. The Balaban J connectivity index is 2.14. The maximum atomic E-state index is 13.2. The van der Waals surface area contributed by atoms with Crippen molar-refractivity contribution in [3.63, 3.8) is 0 Å². The second kappa shape index (κ2) is 11.6. The number of rotatable bonds is 11. The number of carbonyl (C=O) groups is 2. The third-order valence-electron chi connectivity index (χ3n) is 4.64. The van der Waals surface area contributed by atoms with E-state index in [0.29, 0.717) is 26.1 Å². The SMILES string of the molecule is CCCCN(CC(=O)N(Cc1ccccc1)Cc1ccc(C)s1)C(=O)CCC. The average Bonchev–Trinajstić information content (AvgIpc) is 3.10. The van der Waals surface area contributed by atoms with Crippen molar-refractivity contribution in [1.29, 1.82) is 0 Å². The lowest BCUT2D eigenvalue weighted by Gasteiger charge is -2.27. The molecule has 0 aliphatic rings. The minimum absolute atomic E-state index is 0.00969. The highest BCUT2D eigenvalue weighted by atomic mass is 32.1. The molecule has 1 heterocycles. The molecule has 0 spiro atoms. The lowest BCUT2D eigenvalue weighted by atomic mass is 10.2. The molecular formula is C23H32N2O2S. The van der Waals surface area contributed by atoms with Crippen LogP contribution in [0.25, 0.3) is 0 Å². The van der Waals surface area contributed by atoms with Crippen LogP contribution in [0.15, 0.2) is 42.5 Å². The van der Waals surface area contributed by atoms with Crippen molar-refractivity contribution in [2.45, 2.75) is 59.5 Å². The summed E-state index contributed by atoms with van der Waals surface area (Å²) in [6, 6.07) is 14.2. The lowest BCUT2D eigenvalue weighted by molar-refractivity contribution is -0.141. The van der Waals surface area contributed by atoms with Gasteiger partial charge in [-0.2, -0.15) is 0 Å². The van der Waals surface area contributed by atoms with Crippen molar-refractivity contribution in [2.24, 2.45) is 0 Å². The zero-order chi connectivity index (χ0) is 20.4. The zero-order valence-corrected chi connectivity index (χ0v) is 18.1. The molecule has 4 nitrogen and oxygen atoms in total. The first-order chi connectivity index (χ1) is 13.5. The van der Waals surface area contributed by atoms with Crippen molar-refractivity contribution in [1.82, 2.24) is 9.80 Å². The fourth-order valence-electron chi connectivity index (χ4n) is 3.07. The van der Waals surface area contributed by atoms with Gasteiger partial charge in [0.15, 0.2) is 0 Å². The summed E-state index contributed by atoms with van der Waals surface area (Å²) in [6.45, 7) is 8.13. The van der Waals surface area contributed by atoms with Gasteiger partial charge in [-0.15, -0.1) is 11.3 Å². The highest BCUT2D eigenvalue weighted by Gasteiger charge is 2.21. The van der Waals surface area contributed by atoms with Crippen LogP contribution in [0, 0.1) is 6.92 Å². The average molecular weight is 401 g/mol. The van der Waals surface area contributed by atoms with Crippen LogP contribution < -0.4 is 0 Å². The molecule has 28 heavy (non-hydrogen) atoms. The van der Waals surface area contributed by atoms with E-state index < -0.39 is 0 Å². The third kappa shape index (κ3) is 7.12. The summed E-state index contributed by atoms with van der Waals surface area (Å²) in [5, 5.41) is 0. The van der Waals surface area contributed by atoms with Crippen LogP contribution in [-0.2, 0) is 22.7 Å². The molecule has 0 fully saturated rings. The lowest BCUT2D eigenvalue weighted by Crippen LogP contribution is -2.42. The number of unbranched alkanes of at least 4 members (excludes halogenated alkanes) is 1. The van der Waals surface area contributed by atoms with Crippen molar-refractivity contribution < 1.29 is 9.59 Å². The molecule has 2 rings (SSSR count). The van der Waals surface area contributed by atoms with E-state index >= 15 is 0 Å². The van der Waals surface area contributed by atoms with Crippen molar-refractivity contribution in [3.8, 4) is 0 Å². The Kier molecular flexibility index (Phi) is 9.21. The van der Waals surface area contributed by atoms with E-state index in [2.05, 4.69) is 26.0 Å². The van der Waals surface area contributed by atoms with E-state index in [0.717, 1.165) is 24.8 Å². The normalized spacial score (nSPS) is 10.7. The number of hydrogen-bond acceptors (Lipinski definition) is 3. The number of nitrogens with zero attached hydrogens (tertiary/aromatic N) is 2. The number of thiophene rings is 1. The minimum Gasteiger partial charge on any atom is -0.333 e. The fourth-order valence-corrected chi connectivity index (χ4v) is 3.98. The highest BCUT2D eigenvalue weighted by molar-refractivity contribution is 7.11. The first-order valence-electron chi connectivity index (χ1n) is 10.2. The molecule has 0 saturated carbocycles. The van der Waals surface area contributed by atoms with Gasteiger partial charge in [0.2, 0.25) is 11.8 Å². The Morgan fingerprint density at radius 2 is 1.64 bits per heavy atom. The molecule has 0 unspecified atom stereocenters. The Bertz CT molecular complexity index is 742. The Morgan fingerprint density at radius 1 is 0.893 bits per heavy atom. The molecule has 2 aromatic rings. The summed E-state index contributed by atoms with van der Waals surface area (Å²) in [6.07, 6.45) is 3.23. The summed E-state index contributed by atoms with van der Waals surface area (Å²) in [4.78, 5) is 31.7.